The lowest BCUT2D eigenvalue weighted by Crippen LogP contribution is -2.33. The second-order valence-corrected chi connectivity index (χ2v) is 6.72. The monoisotopic (exact) mass is 346 g/mol. The predicted molar refractivity (Wildman–Crippen MR) is 95.1 cm³/mol. The number of thioether (sulfide) groups is 1. The molecule has 1 fully saturated rings. The van der Waals surface area contributed by atoms with Crippen molar-refractivity contribution in [3.05, 3.63) is 40.9 Å². The van der Waals surface area contributed by atoms with E-state index in [2.05, 4.69) is 11.5 Å². The van der Waals surface area contributed by atoms with E-state index in [0.717, 1.165) is 39.7 Å². The lowest BCUT2D eigenvalue weighted by Gasteiger charge is -2.10. The van der Waals surface area contributed by atoms with Crippen LogP contribution in [0.2, 0.25) is 0 Å². The Balaban J connectivity index is 2.01. The maximum absolute atomic E-state index is 12.3. The van der Waals surface area contributed by atoms with E-state index in [0.29, 0.717) is 4.91 Å². The van der Waals surface area contributed by atoms with Crippen molar-refractivity contribution >= 4 is 57.2 Å². The van der Waals surface area contributed by atoms with Gasteiger partial charge in [-0.3, -0.25) is 14.5 Å². The smallest absolute Gasteiger partial charge is 0.323 e. The fraction of sp³-hybridized carbons (Fsp3) is 0.188. The van der Waals surface area contributed by atoms with Gasteiger partial charge in [0.15, 0.2) is 0 Å². The quantitative estimate of drug-likeness (QED) is 0.681. The van der Waals surface area contributed by atoms with Gasteiger partial charge in [-0.1, -0.05) is 42.2 Å². The Morgan fingerprint density at radius 1 is 1.39 bits per heavy atom. The second kappa shape index (κ2) is 6.17. The second-order valence-electron chi connectivity index (χ2n) is 5.05. The number of thiocarbonyl (C=S) groups is 1. The molecule has 5 nitrogen and oxygen atoms in total. The first kappa shape index (κ1) is 15.8. The van der Waals surface area contributed by atoms with Gasteiger partial charge in [0, 0.05) is 29.2 Å². The minimum Gasteiger partial charge on any atom is -0.480 e. The van der Waals surface area contributed by atoms with Gasteiger partial charge < -0.3 is 9.67 Å². The largest absolute Gasteiger partial charge is 0.480 e. The zero-order valence-corrected chi connectivity index (χ0v) is 14.0. The van der Waals surface area contributed by atoms with Gasteiger partial charge in [0.1, 0.15) is 10.9 Å². The molecule has 118 valence electrons. The number of aryl methyl sites for hydroxylation is 1. The standard InChI is InChI=1S/C16H14N2O3S2/c1-2-17-8-10(11-5-3-4-6-12(11)17)7-13-15(21)18(9-14(19)20)16(22)23-13/h3-8H,2,9H2,1H3,(H,19,20). The third kappa shape index (κ3) is 2.89. The van der Waals surface area contributed by atoms with Crippen LogP contribution in [0, 0.1) is 0 Å². The number of rotatable bonds is 4. The molecule has 1 aliphatic heterocycles. The third-order valence-corrected chi connectivity index (χ3v) is 4.99. The maximum atomic E-state index is 12.3. The molecule has 2 heterocycles. The molecule has 7 heteroatoms. The summed E-state index contributed by atoms with van der Waals surface area (Å²) in [6, 6.07) is 7.97. The summed E-state index contributed by atoms with van der Waals surface area (Å²) in [5, 5.41) is 9.93. The number of para-hydroxylation sites is 1. The number of hydrogen-bond acceptors (Lipinski definition) is 4. The van der Waals surface area contributed by atoms with Crippen LogP contribution in [0.1, 0.15) is 12.5 Å². The number of carbonyl (C=O) groups is 2. The Morgan fingerprint density at radius 2 is 2.13 bits per heavy atom. The summed E-state index contributed by atoms with van der Waals surface area (Å²) in [4.78, 5) is 24.8. The van der Waals surface area contributed by atoms with E-state index < -0.39 is 12.5 Å². The predicted octanol–water partition coefficient (Wildman–Crippen LogP) is 2.95. The van der Waals surface area contributed by atoms with Crippen LogP contribution in [0.25, 0.3) is 17.0 Å². The van der Waals surface area contributed by atoms with Gasteiger partial charge >= 0.3 is 5.97 Å². The van der Waals surface area contributed by atoms with Crippen LogP contribution in [0.4, 0.5) is 0 Å². The summed E-state index contributed by atoms with van der Waals surface area (Å²) in [5.74, 6) is -1.43. The Labute approximate surface area is 142 Å². The van der Waals surface area contributed by atoms with Crippen LogP contribution in [0.3, 0.4) is 0 Å². The van der Waals surface area contributed by atoms with Crippen molar-refractivity contribution in [2.24, 2.45) is 0 Å². The highest BCUT2D eigenvalue weighted by molar-refractivity contribution is 8.26. The molecule has 1 saturated heterocycles. The fourth-order valence-corrected chi connectivity index (χ4v) is 3.81. The Morgan fingerprint density at radius 3 is 2.83 bits per heavy atom. The minimum absolute atomic E-state index is 0.280. The Hall–Kier alpha value is -2.12. The zero-order chi connectivity index (χ0) is 16.6. The number of fused-ring (bicyclic) bond motifs is 1. The molecule has 0 saturated carbocycles. The third-order valence-electron chi connectivity index (χ3n) is 3.61. The molecule has 0 atom stereocenters. The summed E-state index contributed by atoms with van der Waals surface area (Å²) in [6.07, 6.45) is 3.78. The summed E-state index contributed by atoms with van der Waals surface area (Å²) >= 11 is 6.25. The Kier molecular flexibility index (Phi) is 4.23. The number of aromatic nitrogens is 1. The molecule has 1 amide bonds. The van der Waals surface area contributed by atoms with E-state index in [-0.39, 0.29) is 10.2 Å². The van der Waals surface area contributed by atoms with Crippen LogP contribution in [-0.2, 0) is 16.1 Å². The molecule has 1 aromatic heterocycles. The van der Waals surface area contributed by atoms with E-state index in [1.807, 2.05) is 30.5 Å². The van der Waals surface area contributed by atoms with Crippen LogP contribution < -0.4 is 0 Å². The van der Waals surface area contributed by atoms with Crippen molar-refractivity contribution in [2.75, 3.05) is 6.54 Å². The highest BCUT2D eigenvalue weighted by atomic mass is 32.2. The molecule has 0 bridgehead atoms. The average molecular weight is 346 g/mol. The van der Waals surface area contributed by atoms with E-state index in [1.165, 1.54) is 0 Å². The number of hydrogen-bond donors (Lipinski definition) is 1. The number of nitrogens with zero attached hydrogens (tertiary/aromatic N) is 2. The topological polar surface area (TPSA) is 62.5 Å². The first-order valence-electron chi connectivity index (χ1n) is 7.06. The van der Waals surface area contributed by atoms with Gasteiger partial charge in [-0.15, -0.1) is 0 Å². The lowest BCUT2D eigenvalue weighted by molar-refractivity contribution is -0.140. The van der Waals surface area contributed by atoms with Gasteiger partial charge in [0.25, 0.3) is 5.91 Å². The van der Waals surface area contributed by atoms with E-state index in [4.69, 9.17) is 17.3 Å². The number of benzene rings is 1. The van der Waals surface area contributed by atoms with Gasteiger partial charge in [-0.05, 0) is 19.1 Å². The van der Waals surface area contributed by atoms with Gasteiger partial charge in [0.05, 0.1) is 4.91 Å². The summed E-state index contributed by atoms with van der Waals surface area (Å²) < 4.78 is 2.39. The van der Waals surface area contributed by atoms with Crippen molar-refractivity contribution in [3.8, 4) is 0 Å². The van der Waals surface area contributed by atoms with Crippen molar-refractivity contribution in [1.29, 1.82) is 0 Å². The van der Waals surface area contributed by atoms with Crippen LogP contribution >= 0.6 is 24.0 Å². The van der Waals surface area contributed by atoms with Crippen molar-refractivity contribution in [3.63, 3.8) is 0 Å². The SMILES string of the molecule is CCn1cc(C=C2SC(=S)N(CC(=O)O)C2=O)c2ccccc21. The molecule has 3 rings (SSSR count). The van der Waals surface area contributed by atoms with Crippen LogP contribution in [-0.4, -0.2) is 37.3 Å². The van der Waals surface area contributed by atoms with Gasteiger partial charge in [0.2, 0.25) is 0 Å². The molecule has 0 radical (unpaired) electrons. The molecular formula is C16H14N2O3S2. The maximum Gasteiger partial charge on any atom is 0.323 e. The number of aliphatic carboxylic acids is 1. The molecule has 0 spiro atoms. The first-order valence-corrected chi connectivity index (χ1v) is 8.28. The molecule has 23 heavy (non-hydrogen) atoms. The molecule has 1 aliphatic rings. The normalized spacial score (nSPS) is 16.7. The van der Waals surface area contributed by atoms with Gasteiger partial charge in [-0.2, -0.15) is 0 Å². The number of carboxylic acid groups (broad SMARTS) is 1. The summed E-state index contributed by atoms with van der Waals surface area (Å²) in [6.45, 7) is 2.48. The van der Waals surface area contributed by atoms with Crippen LogP contribution in [0.5, 0.6) is 0 Å². The molecule has 0 unspecified atom stereocenters. The molecule has 1 N–H and O–H groups in total. The number of carbonyl (C=O) groups excluding carboxylic acids is 1. The Bertz CT molecular complexity index is 854. The number of amides is 1. The molecule has 2 aromatic rings. The molecular weight excluding hydrogens is 332 g/mol. The molecule has 1 aromatic carbocycles. The first-order chi connectivity index (χ1) is 11.0. The molecule has 0 aliphatic carbocycles. The van der Waals surface area contributed by atoms with Crippen molar-refractivity contribution in [2.45, 2.75) is 13.5 Å². The lowest BCUT2D eigenvalue weighted by atomic mass is 10.1. The van der Waals surface area contributed by atoms with E-state index in [9.17, 15) is 9.59 Å². The highest BCUT2D eigenvalue weighted by Gasteiger charge is 2.33. The zero-order valence-electron chi connectivity index (χ0n) is 12.4. The van der Waals surface area contributed by atoms with Crippen molar-refractivity contribution in [1.82, 2.24) is 9.47 Å². The number of carboxylic acids is 1. The van der Waals surface area contributed by atoms with E-state index >= 15 is 0 Å². The summed E-state index contributed by atoms with van der Waals surface area (Å²) in [5.41, 5.74) is 2.03. The highest BCUT2D eigenvalue weighted by Crippen LogP contribution is 2.34. The summed E-state index contributed by atoms with van der Waals surface area (Å²) in [7, 11) is 0. The fourth-order valence-electron chi connectivity index (χ4n) is 2.56. The average Bonchev–Trinajstić information content (AvgIpc) is 3.00. The van der Waals surface area contributed by atoms with Crippen LogP contribution in [0.15, 0.2) is 35.4 Å². The van der Waals surface area contributed by atoms with Crippen molar-refractivity contribution < 1.29 is 14.7 Å². The minimum atomic E-state index is -1.08. The van der Waals surface area contributed by atoms with E-state index in [1.54, 1.807) is 6.08 Å². The van der Waals surface area contributed by atoms with Gasteiger partial charge in [-0.25, -0.2) is 0 Å².